The number of nitrogens with two attached hydrogens (primary N) is 1. The van der Waals surface area contributed by atoms with Crippen LogP contribution >= 0.6 is 0 Å². The van der Waals surface area contributed by atoms with E-state index in [-0.39, 0.29) is 6.04 Å². The van der Waals surface area contributed by atoms with Gasteiger partial charge in [-0.2, -0.15) is 0 Å². The number of aromatic nitrogens is 1. The molecular weight excluding hydrogens is 234 g/mol. The van der Waals surface area contributed by atoms with Crippen molar-refractivity contribution in [3.8, 4) is 0 Å². The first-order valence-electron chi connectivity index (χ1n) is 6.51. The van der Waals surface area contributed by atoms with Gasteiger partial charge in [0.25, 0.3) is 0 Å². The normalized spacial score (nSPS) is 12.3. The molecule has 0 radical (unpaired) electrons. The summed E-state index contributed by atoms with van der Waals surface area (Å²) in [5.74, 6) is 0.925. The van der Waals surface area contributed by atoms with Gasteiger partial charge in [0.15, 0.2) is 0 Å². The fourth-order valence-electron chi connectivity index (χ4n) is 2.14. The van der Waals surface area contributed by atoms with Crippen LogP contribution in [0.2, 0.25) is 0 Å². The van der Waals surface area contributed by atoms with E-state index in [1.807, 2.05) is 32.3 Å². The van der Waals surface area contributed by atoms with Gasteiger partial charge in [-0.1, -0.05) is 12.1 Å². The summed E-state index contributed by atoms with van der Waals surface area (Å²) in [7, 11) is 2.03. The smallest absolute Gasteiger partial charge is 0.132 e. The van der Waals surface area contributed by atoms with E-state index in [0.717, 1.165) is 17.1 Å². The fourth-order valence-corrected chi connectivity index (χ4v) is 2.14. The standard InChI is InChI=1S/C16H21N3/c1-11-7-12(2)9-15(8-11)19(4)16-6-5-14(10-18-16)13(3)17/h5-10,13H,17H2,1-4H3/t13-/m0/s1. The van der Waals surface area contributed by atoms with E-state index in [1.54, 1.807) is 0 Å². The van der Waals surface area contributed by atoms with Gasteiger partial charge in [-0.15, -0.1) is 0 Å². The summed E-state index contributed by atoms with van der Waals surface area (Å²) in [6.07, 6.45) is 1.85. The Labute approximate surface area is 115 Å². The van der Waals surface area contributed by atoms with Crippen LogP contribution < -0.4 is 10.6 Å². The molecule has 2 N–H and O–H groups in total. The minimum absolute atomic E-state index is 0.0214. The third-order valence-electron chi connectivity index (χ3n) is 3.23. The fraction of sp³-hybridized carbons (Fsp3) is 0.312. The summed E-state index contributed by atoms with van der Waals surface area (Å²) in [6.45, 7) is 6.18. The monoisotopic (exact) mass is 255 g/mol. The van der Waals surface area contributed by atoms with Gasteiger partial charge < -0.3 is 10.6 Å². The van der Waals surface area contributed by atoms with E-state index in [9.17, 15) is 0 Å². The summed E-state index contributed by atoms with van der Waals surface area (Å²) < 4.78 is 0. The van der Waals surface area contributed by atoms with Crippen molar-refractivity contribution in [1.82, 2.24) is 4.98 Å². The van der Waals surface area contributed by atoms with Crippen LogP contribution in [0, 0.1) is 13.8 Å². The van der Waals surface area contributed by atoms with Crippen LogP contribution in [0.25, 0.3) is 0 Å². The zero-order chi connectivity index (χ0) is 14.0. The van der Waals surface area contributed by atoms with Gasteiger partial charge in [-0.25, -0.2) is 4.98 Å². The average Bonchev–Trinajstić information content (AvgIpc) is 2.37. The molecule has 0 spiro atoms. The molecule has 19 heavy (non-hydrogen) atoms. The maximum absolute atomic E-state index is 5.84. The number of rotatable bonds is 3. The number of hydrogen-bond donors (Lipinski definition) is 1. The third-order valence-corrected chi connectivity index (χ3v) is 3.23. The molecule has 2 rings (SSSR count). The Balaban J connectivity index is 2.30. The average molecular weight is 255 g/mol. The van der Waals surface area contributed by atoms with E-state index in [1.165, 1.54) is 11.1 Å². The Bertz CT molecular complexity index is 538. The van der Waals surface area contributed by atoms with Crippen LogP contribution in [-0.4, -0.2) is 12.0 Å². The van der Waals surface area contributed by atoms with E-state index in [4.69, 9.17) is 5.73 Å². The molecule has 3 heteroatoms. The third kappa shape index (κ3) is 3.12. The Morgan fingerprint density at radius 3 is 2.21 bits per heavy atom. The van der Waals surface area contributed by atoms with Crippen LogP contribution in [0.15, 0.2) is 36.5 Å². The predicted octanol–water partition coefficient (Wildman–Crippen LogP) is 3.49. The summed E-state index contributed by atoms with van der Waals surface area (Å²) in [5.41, 5.74) is 10.6. The molecular formula is C16H21N3. The number of aryl methyl sites for hydroxylation is 2. The molecule has 3 nitrogen and oxygen atoms in total. The SMILES string of the molecule is Cc1cc(C)cc(N(C)c2ccc([C@H](C)N)cn2)c1. The molecule has 0 saturated carbocycles. The molecule has 0 aliphatic heterocycles. The van der Waals surface area contributed by atoms with Gasteiger partial charge in [0.05, 0.1) is 0 Å². The topological polar surface area (TPSA) is 42.1 Å². The van der Waals surface area contributed by atoms with Crippen molar-refractivity contribution in [2.45, 2.75) is 26.8 Å². The number of pyridine rings is 1. The summed E-state index contributed by atoms with van der Waals surface area (Å²) in [4.78, 5) is 6.57. The van der Waals surface area contributed by atoms with Crippen molar-refractivity contribution in [3.63, 3.8) is 0 Å². The summed E-state index contributed by atoms with van der Waals surface area (Å²) >= 11 is 0. The van der Waals surface area contributed by atoms with Gasteiger partial charge in [0, 0.05) is 25.0 Å². The Hall–Kier alpha value is -1.87. The second-order valence-corrected chi connectivity index (χ2v) is 5.14. The van der Waals surface area contributed by atoms with E-state index in [0.29, 0.717) is 0 Å². The van der Waals surface area contributed by atoms with Crippen molar-refractivity contribution in [3.05, 3.63) is 53.2 Å². The molecule has 1 atom stereocenters. The number of nitrogens with zero attached hydrogens (tertiary/aromatic N) is 2. The number of benzene rings is 1. The molecule has 0 fully saturated rings. The summed E-state index contributed by atoms with van der Waals surface area (Å²) in [6, 6.07) is 10.6. The Morgan fingerprint density at radius 2 is 1.74 bits per heavy atom. The number of anilines is 2. The highest BCUT2D eigenvalue weighted by Gasteiger charge is 2.07. The Kier molecular flexibility index (Phi) is 3.86. The van der Waals surface area contributed by atoms with Crippen LogP contribution in [0.3, 0.4) is 0 Å². The highest BCUT2D eigenvalue weighted by atomic mass is 15.2. The van der Waals surface area contributed by atoms with Crippen molar-refractivity contribution in [2.75, 3.05) is 11.9 Å². The van der Waals surface area contributed by atoms with Gasteiger partial charge >= 0.3 is 0 Å². The molecule has 0 bridgehead atoms. The molecule has 0 aliphatic rings. The molecule has 100 valence electrons. The second kappa shape index (κ2) is 5.41. The molecule has 2 aromatic rings. The van der Waals surface area contributed by atoms with Crippen molar-refractivity contribution >= 4 is 11.5 Å². The van der Waals surface area contributed by atoms with E-state index < -0.39 is 0 Å². The van der Waals surface area contributed by atoms with Gasteiger partial charge in [0.2, 0.25) is 0 Å². The molecule has 0 aliphatic carbocycles. The van der Waals surface area contributed by atoms with Gasteiger partial charge in [-0.3, -0.25) is 0 Å². The minimum Gasteiger partial charge on any atom is -0.329 e. The van der Waals surface area contributed by atoms with Crippen molar-refractivity contribution in [1.29, 1.82) is 0 Å². The van der Waals surface area contributed by atoms with E-state index in [2.05, 4.69) is 41.9 Å². The van der Waals surface area contributed by atoms with Crippen LogP contribution in [0.1, 0.15) is 29.7 Å². The van der Waals surface area contributed by atoms with Gasteiger partial charge in [0.1, 0.15) is 5.82 Å². The van der Waals surface area contributed by atoms with Crippen LogP contribution in [-0.2, 0) is 0 Å². The lowest BCUT2D eigenvalue weighted by molar-refractivity contribution is 0.811. The number of hydrogen-bond acceptors (Lipinski definition) is 3. The second-order valence-electron chi connectivity index (χ2n) is 5.14. The molecule has 1 aromatic heterocycles. The first kappa shape index (κ1) is 13.6. The first-order chi connectivity index (χ1) is 8.97. The largest absolute Gasteiger partial charge is 0.329 e. The van der Waals surface area contributed by atoms with Crippen molar-refractivity contribution in [2.24, 2.45) is 5.73 Å². The highest BCUT2D eigenvalue weighted by Crippen LogP contribution is 2.24. The van der Waals surface area contributed by atoms with Gasteiger partial charge in [-0.05, 0) is 55.7 Å². The van der Waals surface area contributed by atoms with E-state index >= 15 is 0 Å². The maximum Gasteiger partial charge on any atom is 0.132 e. The zero-order valence-electron chi connectivity index (χ0n) is 12.0. The molecule has 1 heterocycles. The minimum atomic E-state index is 0.0214. The first-order valence-corrected chi connectivity index (χ1v) is 6.51. The van der Waals surface area contributed by atoms with Crippen LogP contribution in [0.5, 0.6) is 0 Å². The lowest BCUT2D eigenvalue weighted by Gasteiger charge is -2.20. The Morgan fingerprint density at radius 1 is 1.11 bits per heavy atom. The lowest BCUT2D eigenvalue weighted by atomic mass is 10.1. The molecule has 0 unspecified atom stereocenters. The predicted molar refractivity (Wildman–Crippen MR) is 80.8 cm³/mol. The maximum atomic E-state index is 5.84. The van der Waals surface area contributed by atoms with Crippen molar-refractivity contribution < 1.29 is 0 Å². The quantitative estimate of drug-likeness (QED) is 0.913. The zero-order valence-corrected chi connectivity index (χ0v) is 12.0. The molecule has 1 aromatic carbocycles. The molecule has 0 amide bonds. The molecule has 0 saturated heterocycles. The van der Waals surface area contributed by atoms with Crippen LogP contribution in [0.4, 0.5) is 11.5 Å². The lowest BCUT2D eigenvalue weighted by Crippen LogP contribution is -2.12. The summed E-state index contributed by atoms with van der Waals surface area (Å²) in [5, 5.41) is 0. The highest BCUT2D eigenvalue weighted by molar-refractivity contribution is 5.61.